The molecule has 0 bridgehead atoms. The number of hydrogen-bond donors (Lipinski definition) is 1. The van der Waals surface area contributed by atoms with Gasteiger partial charge in [0.2, 0.25) is 0 Å². The van der Waals surface area contributed by atoms with Gasteiger partial charge in [-0.15, -0.1) is 11.3 Å². The smallest absolute Gasteiger partial charge is 0.314 e. The van der Waals surface area contributed by atoms with Crippen molar-refractivity contribution in [2.45, 2.75) is 38.0 Å². The Morgan fingerprint density at radius 3 is 2.87 bits per heavy atom. The van der Waals surface area contributed by atoms with E-state index in [0.29, 0.717) is 5.92 Å². The van der Waals surface area contributed by atoms with Gasteiger partial charge in [0.1, 0.15) is 5.41 Å². The molecule has 1 fully saturated rings. The van der Waals surface area contributed by atoms with Gasteiger partial charge in [-0.1, -0.05) is 25.8 Å². The van der Waals surface area contributed by atoms with E-state index in [4.69, 9.17) is 0 Å². The first kappa shape index (κ1) is 10.7. The van der Waals surface area contributed by atoms with E-state index in [1.54, 1.807) is 11.3 Å². The molecule has 1 aliphatic rings. The summed E-state index contributed by atoms with van der Waals surface area (Å²) in [5, 5.41) is 11.3. The first-order valence-electron chi connectivity index (χ1n) is 5.46. The predicted molar refractivity (Wildman–Crippen MR) is 61.3 cm³/mol. The molecule has 0 spiro atoms. The molecule has 0 radical (unpaired) electrons. The summed E-state index contributed by atoms with van der Waals surface area (Å²) in [5.41, 5.74) is -0.548. The zero-order chi connectivity index (χ0) is 10.9. The van der Waals surface area contributed by atoms with Crippen molar-refractivity contribution in [3.63, 3.8) is 0 Å². The predicted octanol–water partition coefficient (Wildman–Crippen LogP) is 3.28. The molecule has 2 rings (SSSR count). The third-order valence-electron chi connectivity index (χ3n) is 3.37. The molecule has 0 saturated heterocycles. The van der Waals surface area contributed by atoms with Gasteiger partial charge in [-0.25, -0.2) is 0 Å². The maximum absolute atomic E-state index is 11.4. The molecule has 1 aromatic rings. The molecule has 1 aliphatic carbocycles. The van der Waals surface area contributed by atoms with Gasteiger partial charge < -0.3 is 5.11 Å². The maximum Gasteiger partial charge on any atom is 0.314 e. The maximum atomic E-state index is 11.4. The highest BCUT2D eigenvalue weighted by Crippen LogP contribution is 2.51. The molecule has 15 heavy (non-hydrogen) atoms. The van der Waals surface area contributed by atoms with Crippen molar-refractivity contribution in [1.29, 1.82) is 0 Å². The second kappa shape index (κ2) is 3.97. The minimum atomic E-state index is -0.641. The van der Waals surface area contributed by atoms with E-state index in [-0.39, 0.29) is 0 Å². The molecular weight excluding hydrogens is 208 g/mol. The average molecular weight is 224 g/mol. The van der Waals surface area contributed by atoms with Gasteiger partial charge in [0.05, 0.1) is 0 Å². The lowest BCUT2D eigenvalue weighted by molar-refractivity contribution is -0.149. The molecule has 0 atom stereocenters. The van der Waals surface area contributed by atoms with Gasteiger partial charge in [0.15, 0.2) is 0 Å². The summed E-state index contributed by atoms with van der Waals surface area (Å²) in [6.07, 6.45) is 3.98. The highest BCUT2D eigenvalue weighted by Gasteiger charge is 2.51. The lowest BCUT2D eigenvalue weighted by atomic mass is 9.60. The van der Waals surface area contributed by atoms with E-state index >= 15 is 0 Å². The Hall–Kier alpha value is -0.830. The monoisotopic (exact) mass is 224 g/mol. The van der Waals surface area contributed by atoms with Crippen molar-refractivity contribution in [2.75, 3.05) is 0 Å². The van der Waals surface area contributed by atoms with Crippen molar-refractivity contribution in [3.8, 4) is 0 Å². The van der Waals surface area contributed by atoms with Crippen molar-refractivity contribution < 1.29 is 9.90 Å². The number of carbonyl (C=O) groups is 1. The molecule has 82 valence electrons. The van der Waals surface area contributed by atoms with Crippen LogP contribution >= 0.6 is 11.3 Å². The minimum absolute atomic E-state index is 0.548. The summed E-state index contributed by atoms with van der Waals surface area (Å²) >= 11 is 1.57. The van der Waals surface area contributed by atoms with Crippen LogP contribution in [0.1, 0.15) is 37.5 Å². The second-order valence-electron chi connectivity index (χ2n) is 4.43. The SMILES string of the molecule is CCCC1CC(C(=O)O)(c2cccs2)C1. The van der Waals surface area contributed by atoms with Crippen molar-refractivity contribution in [3.05, 3.63) is 22.4 Å². The number of thiophene rings is 1. The molecule has 0 amide bonds. The summed E-state index contributed by atoms with van der Waals surface area (Å²) < 4.78 is 0. The summed E-state index contributed by atoms with van der Waals surface area (Å²) in [5.74, 6) is -0.0227. The van der Waals surface area contributed by atoms with Gasteiger partial charge >= 0.3 is 5.97 Å². The van der Waals surface area contributed by atoms with Crippen LogP contribution in [0.2, 0.25) is 0 Å². The van der Waals surface area contributed by atoms with Crippen LogP contribution in [-0.2, 0) is 10.2 Å². The van der Waals surface area contributed by atoms with Crippen LogP contribution in [0.3, 0.4) is 0 Å². The number of rotatable bonds is 4. The Labute approximate surface area is 93.9 Å². The van der Waals surface area contributed by atoms with Crippen molar-refractivity contribution in [1.82, 2.24) is 0 Å². The van der Waals surface area contributed by atoms with Gasteiger partial charge in [-0.3, -0.25) is 4.79 Å². The molecule has 0 aromatic carbocycles. The van der Waals surface area contributed by atoms with Crippen LogP contribution < -0.4 is 0 Å². The summed E-state index contributed by atoms with van der Waals surface area (Å²) in [6.45, 7) is 2.16. The van der Waals surface area contributed by atoms with Gasteiger partial charge in [0, 0.05) is 4.88 Å². The molecule has 3 heteroatoms. The Bertz CT molecular complexity index is 337. The van der Waals surface area contributed by atoms with Crippen LogP contribution in [0, 0.1) is 5.92 Å². The van der Waals surface area contributed by atoms with E-state index in [1.807, 2.05) is 17.5 Å². The first-order chi connectivity index (χ1) is 7.19. The van der Waals surface area contributed by atoms with Crippen LogP contribution in [0.25, 0.3) is 0 Å². The fraction of sp³-hybridized carbons (Fsp3) is 0.583. The molecule has 0 unspecified atom stereocenters. The lowest BCUT2D eigenvalue weighted by Crippen LogP contribution is -2.47. The van der Waals surface area contributed by atoms with E-state index < -0.39 is 11.4 Å². The number of carboxylic acids is 1. The fourth-order valence-corrected chi connectivity index (χ4v) is 3.51. The lowest BCUT2D eigenvalue weighted by Gasteiger charge is -2.44. The van der Waals surface area contributed by atoms with E-state index in [0.717, 1.165) is 24.1 Å². The van der Waals surface area contributed by atoms with Crippen molar-refractivity contribution >= 4 is 17.3 Å². The summed E-state index contributed by atoms with van der Waals surface area (Å²) in [4.78, 5) is 12.4. The van der Waals surface area contributed by atoms with E-state index in [9.17, 15) is 9.90 Å². The zero-order valence-electron chi connectivity index (χ0n) is 8.90. The molecule has 1 saturated carbocycles. The molecule has 0 aliphatic heterocycles. The Kier molecular flexibility index (Phi) is 2.83. The fourth-order valence-electron chi connectivity index (χ4n) is 2.57. The topological polar surface area (TPSA) is 37.3 Å². The van der Waals surface area contributed by atoms with E-state index in [1.165, 1.54) is 6.42 Å². The number of carboxylic acid groups (broad SMARTS) is 1. The minimum Gasteiger partial charge on any atom is -0.481 e. The van der Waals surface area contributed by atoms with Gasteiger partial charge in [0.25, 0.3) is 0 Å². The van der Waals surface area contributed by atoms with Gasteiger partial charge in [-0.2, -0.15) is 0 Å². The number of hydrogen-bond acceptors (Lipinski definition) is 2. The molecule has 1 N–H and O–H groups in total. The Morgan fingerprint density at radius 1 is 1.67 bits per heavy atom. The molecule has 2 nitrogen and oxygen atoms in total. The van der Waals surface area contributed by atoms with E-state index in [2.05, 4.69) is 6.92 Å². The van der Waals surface area contributed by atoms with Crippen LogP contribution in [0.15, 0.2) is 17.5 Å². The largest absolute Gasteiger partial charge is 0.481 e. The average Bonchev–Trinajstić information content (AvgIpc) is 2.62. The van der Waals surface area contributed by atoms with Crippen LogP contribution in [0.4, 0.5) is 0 Å². The molecule has 1 heterocycles. The number of aliphatic carboxylic acids is 1. The van der Waals surface area contributed by atoms with Gasteiger partial charge in [-0.05, 0) is 30.2 Å². The second-order valence-corrected chi connectivity index (χ2v) is 5.38. The quantitative estimate of drug-likeness (QED) is 0.852. The third kappa shape index (κ3) is 1.69. The third-order valence-corrected chi connectivity index (χ3v) is 4.45. The molecular formula is C12H16O2S. The Balaban J connectivity index is 2.13. The van der Waals surface area contributed by atoms with Crippen LogP contribution in [0.5, 0.6) is 0 Å². The van der Waals surface area contributed by atoms with Crippen molar-refractivity contribution in [2.24, 2.45) is 5.92 Å². The summed E-state index contributed by atoms with van der Waals surface area (Å²) in [6, 6.07) is 3.90. The normalized spacial score (nSPS) is 29.8. The summed E-state index contributed by atoms with van der Waals surface area (Å²) in [7, 11) is 0. The standard InChI is InChI=1S/C12H16O2S/c1-2-4-9-7-12(8-9,11(13)14)10-5-3-6-15-10/h3,5-6,9H,2,4,7-8H2,1H3,(H,13,14). The Morgan fingerprint density at radius 2 is 2.40 bits per heavy atom. The molecule has 1 aromatic heterocycles. The highest BCUT2D eigenvalue weighted by molar-refractivity contribution is 7.10. The first-order valence-corrected chi connectivity index (χ1v) is 6.34. The van der Waals surface area contributed by atoms with Crippen LogP contribution in [-0.4, -0.2) is 11.1 Å². The highest BCUT2D eigenvalue weighted by atomic mass is 32.1. The zero-order valence-corrected chi connectivity index (χ0v) is 9.72.